The van der Waals surface area contributed by atoms with Crippen molar-refractivity contribution in [3.05, 3.63) is 52.7 Å². The van der Waals surface area contributed by atoms with Crippen molar-refractivity contribution < 1.29 is 13.7 Å². The Labute approximate surface area is 120 Å². The third-order valence-electron chi connectivity index (χ3n) is 3.41. The number of carbonyl (C=O) groups is 1. The van der Waals surface area contributed by atoms with Gasteiger partial charge in [-0.25, -0.2) is 4.39 Å². The van der Waals surface area contributed by atoms with Gasteiger partial charge in [0, 0.05) is 17.2 Å². The maximum Gasteiger partial charge on any atom is 0.198 e. The lowest BCUT2D eigenvalue weighted by molar-refractivity contribution is 0.103. The van der Waals surface area contributed by atoms with Crippen LogP contribution < -0.4 is 0 Å². The van der Waals surface area contributed by atoms with Crippen molar-refractivity contribution in [2.24, 2.45) is 0 Å². The molecule has 1 heterocycles. The highest BCUT2D eigenvalue weighted by atomic mass is 32.2. The van der Waals surface area contributed by atoms with E-state index in [1.807, 2.05) is 6.26 Å². The first-order valence-electron chi connectivity index (χ1n) is 6.47. The fourth-order valence-electron chi connectivity index (χ4n) is 2.25. The van der Waals surface area contributed by atoms with E-state index in [1.54, 1.807) is 17.8 Å². The fourth-order valence-corrected chi connectivity index (χ4v) is 2.81. The van der Waals surface area contributed by atoms with Crippen molar-refractivity contribution in [1.82, 2.24) is 5.16 Å². The van der Waals surface area contributed by atoms with E-state index in [0.29, 0.717) is 28.6 Å². The molecule has 0 bridgehead atoms. The summed E-state index contributed by atoms with van der Waals surface area (Å²) in [7, 11) is 0. The number of hydrogen-bond acceptors (Lipinski definition) is 4. The topological polar surface area (TPSA) is 43.1 Å². The van der Waals surface area contributed by atoms with Crippen LogP contribution in [-0.2, 0) is 5.75 Å². The molecule has 0 amide bonds. The quantitative estimate of drug-likeness (QED) is 0.786. The Bertz CT molecular complexity index is 649. The van der Waals surface area contributed by atoms with Gasteiger partial charge >= 0.3 is 0 Å². The molecule has 20 heavy (non-hydrogen) atoms. The number of thioether (sulfide) groups is 1. The fraction of sp³-hybridized carbons (Fsp3) is 0.333. The van der Waals surface area contributed by atoms with Crippen molar-refractivity contribution in [3.8, 4) is 0 Å². The van der Waals surface area contributed by atoms with Gasteiger partial charge in [-0.05, 0) is 36.8 Å². The summed E-state index contributed by atoms with van der Waals surface area (Å²) in [5.74, 6) is 1.02. The van der Waals surface area contributed by atoms with Crippen LogP contribution in [0.4, 0.5) is 4.39 Å². The molecule has 1 aliphatic rings. The van der Waals surface area contributed by atoms with E-state index in [9.17, 15) is 9.18 Å². The number of ketones is 1. The Morgan fingerprint density at radius 1 is 1.45 bits per heavy atom. The van der Waals surface area contributed by atoms with Crippen molar-refractivity contribution >= 4 is 17.5 Å². The monoisotopic (exact) mass is 291 g/mol. The molecule has 0 saturated heterocycles. The Morgan fingerprint density at radius 3 is 2.95 bits per heavy atom. The molecule has 1 fully saturated rings. The highest BCUT2D eigenvalue weighted by molar-refractivity contribution is 7.97. The van der Waals surface area contributed by atoms with Gasteiger partial charge in [0.1, 0.15) is 5.82 Å². The molecule has 0 spiro atoms. The molecule has 104 valence electrons. The lowest BCUT2D eigenvalue weighted by Gasteiger charge is -2.07. The second-order valence-corrected chi connectivity index (χ2v) is 5.81. The Morgan fingerprint density at radius 2 is 2.25 bits per heavy atom. The largest absolute Gasteiger partial charge is 0.360 e. The van der Waals surface area contributed by atoms with Crippen LogP contribution in [-0.4, -0.2) is 17.2 Å². The molecule has 0 N–H and O–H groups in total. The molecule has 1 aromatic carbocycles. The van der Waals surface area contributed by atoms with Crippen LogP contribution in [0.15, 0.2) is 28.9 Å². The van der Waals surface area contributed by atoms with E-state index < -0.39 is 5.82 Å². The Balaban J connectivity index is 2.00. The zero-order chi connectivity index (χ0) is 14.1. The molecule has 1 saturated carbocycles. The number of hydrogen-bond donors (Lipinski definition) is 0. The number of nitrogens with zero attached hydrogens (tertiary/aromatic N) is 1. The van der Waals surface area contributed by atoms with E-state index in [4.69, 9.17) is 4.52 Å². The molecule has 3 rings (SSSR count). The molecule has 0 radical (unpaired) electrons. The second-order valence-electron chi connectivity index (χ2n) is 4.94. The Kier molecular flexibility index (Phi) is 3.61. The van der Waals surface area contributed by atoms with E-state index in [2.05, 4.69) is 5.16 Å². The number of carbonyl (C=O) groups excluding carboxylic acids is 1. The second kappa shape index (κ2) is 5.40. The zero-order valence-electron chi connectivity index (χ0n) is 11.1. The minimum absolute atomic E-state index is 0.197. The smallest absolute Gasteiger partial charge is 0.198 e. The average molecular weight is 291 g/mol. The molecule has 5 heteroatoms. The first-order valence-corrected chi connectivity index (χ1v) is 7.86. The van der Waals surface area contributed by atoms with Crippen LogP contribution in [0.2, 0.25) is 0 Å². The third-order valence-corrected chi connectivity index (χ3v) is 4.01. The van der Waals surface area contributed by atoms with Crippen LogP contribution in [0.1, 0.15) is 46.0 Å². The molecule has 1 aliphatic carbocycles. The first kappa shape index (κ1) is 13.4. The van der Waals surface area contributed by atoms with Gasteiger partial charge in [0.15, 0.2) is 11.5 Å². The van der Waals surface area contributed by atoms with Gasteiger partial charge in [-0.2, -0.15) is 11.8 Å². The predicted octanol–water partition coefficient (Wildman–Crippen LogP) is 3.79. The van der Waals surface area contributed by atoms with E-state index in [0.717, 1.165) is 18.4 Å². The summed E-state index contributed by atoms with van der Waals surface area (Å²) in [5, 5.41) is 3.73. The zero-order valence-corrected chi connectivity index (χ0v) is 11.9. The van der Waals surface area contributed by atoms with Gasteiger partial charge in [-0.3, -0.25) is 4.79 Å². The summed E-state index contributed by atoms with van der Waals surface area (Å²) < 4.78 is 18.7. The number of halogens is 1. The maximum absolute atomic E-state index is 13.5. The Hall–Kier alpha value is -1.62. The molecular weight excluding hydrogens is 277 g/mol. The average Bonchev–Trinajstić information content (AvgIpc) is 3.17. The molecule has 0 aliphatic heterocycles. The van der Waals surface area contributed by atoms with Gasteiger partial charge in [0.25, 0.3) is 0 Å². The lowest BCUT2D eigenvalue weighted by atomic mass is 9.98. The number of aromatic nitrogens is 1. The van der Waals surface area contributed by atoms with Gasteiger partial charge in [0.2, 0.25) is 0 Å². The van der Waals surface area contributed by atoms with Gasteiger partial charge in [0.05, 0.1) is 11.8 Å². The van der Waals surface area contributed by atoms with Crippen LogP contribution >= 0.6 is 11.8 Å². The summed E-state index contributed by atoms with van der Waals surface area (Å²) in [6.07, 6.45) is 5.45. The normalized spacial score (nSPS) is 14.5. The van der Waals surface area contributed by atoms with Crippen molar-refractivity contribution in [3.63, 3.8) is 0 Å². The summed E-state index contributed by atoms with van der Waals surface area (Å²) in [6.45, 7) is 0. The molecular formula is C15H14FNO2S. The van der Waals surface area contributed by atoms with Gasteiger partial charge in [-0.1, -0.05) is 11.2 Å². The molecule has 2 aromatic rings. The summed E-state index contributed by atoms with van der Waals surface area (Å²) in [6, 6.07) is 4.36. The van der Waals surface area contributed by atoms with Crippen molar-refractivity contribution in [1.29, 1.82) is 0 Å². The van der Waals surface area contributed by atoms with E-state index in [-0.39, 0.29) is 5.78 Å². The molecule has 0 atom stereocenters. The number of rotatable bonds is 5. The number of benzene rings is 1. The molecule has 1 aromatic heterocycles. The highest BCUT2D eigenvalue weighted by Crippen LogP contribution is 2.42. The lowest BCUT2D eigenvalue weighted by Crippen LogP contribution is -2.07. The van der Waals surface area contributed by atoms with Crippen molar-refractivity contribution in [2.75, 3.05) is 6.26 Å². The predicted molar refractivity (Wildman–Crippen MR) is 75.5 cm³/mol. The SMILES string of the molecule is CSCc1ccc(F)cc1C(=O)c1cnoc1C1CC1. The van der Waals surface area contributed by atoms with E-state index >= 15 is 0 Å². The van der Waals surface area contributed by atoms with Crippen LogP contribution in [0.3, 0.4) is 0 Å². The van der Waals surface area contributed by atoms with Gasteiger partial charge < -0.3 is 4.52 Å². The van der Waals surface area contributed by atoms with Crippen LogP contribution in [0, 0.1) is 5.82 Å². The minimum atomic E-state index is -0.400. The van der Waals surface area contributed by atoms with E-state index in [1.165, 1.54) is 18.3 Å². The standard InChI is InChI=1S/C15H14FNO2S/c1-20-8-10-4-5-11(16)6-12(10)14(18)13-7-17-19-15(13)9-2-3-9/h4-7,9H,2-3,8H2,1H3. The summed E-state index contributed by atoms with van der Waals surface area (Å²) in [5.41, 5.74) is 1.72. The summed E-state index contributed by atoms with van der Waals surface area (Å²) in [4.78, 5) is 12.6. The highest BCUT2D eigenvalue weighted by Gasteiger charge is 2.33. The molecule has 3 nitrogen and oxygen atoms in total. The first-order chi connectivity index (χ1) is 9.70. The summed E-state index contributed by atoms with van der Waals surface area (Å²) >= 11 is 1.60. The molecule has 0 unspecified atom stereocenters. The van der Waals surface area contributed by atoms with Gasteiger partial charge in [-0.15, -0.1) is 0 Å². The third kappa shape index (κ3) is 2.50. The maximum atomic E-state index is 13.5. The van der Waals surface area contributed by atoms with Crippen LogP contribution in [0.5, 0.6) is 0 Å². The van der Waals surface area contributed by atoms with Crippen LogP contribution in [0.25, 0.3) is 0 Å². The minimum Gasteiger partial charge on any atom is -0.360 e. The van der Waals surface area contributed by atoms with Crippen molar-refractivity contribution in [2.45, 2.75) is 24.5 Å².